The van der Waals surface area contributed by atoms with Gasteiger partial charge in [0.15, 0.2) is 0 Å². The molecule has 1 N–H and O–H groups in total. The molecule has 1 aliphatic rings. The number of hydrogen-bond acceptors (Lipinski definition) is 4. The van der Waals surface area contributed by atoms with Gasteiger partial charge in [-0.25, -0.2) is 13.1 Å². The van der Waals surface area contributed by atoms with Crippen LogP contribution in [0.25, 0.3) is 0 Å². The third-order valence-corrected chi connectivity index (χ3v) is 7.34. The number of benzene rings is 2. The molecular formula is C20H23Cl3N2O3S. The highest BCUT2D eigenvalue weighted by Crippen LogP contribution is 2.26. The Balaban J connectivity index is 1.38. The molecule has 5 nitrogen and oxygen atoms in total. The summed E-state index contributed by atoms with van der Waals surface area (Å²) in [6.07, 6.45) is 2.43. The van der Waals surface area contributed by atoms with E-state index in [4.69, 9.17) is 39.5 Å². The predicted octanol–water partition coefficient (Wildman–Crippen LogP) is 4.86. The van der Waals surface area contributed by atoms with Crippen molar-refractivity contribution in [1.29, 1.82) is 0 Å². The molecule has 2 aromatic rings. The lowest BCUT2D eigenvalue weighted by atomic mass is 10.1. The van der Waals surface area contributed by atoms with Gasteiger partial charge in [0.2, 0.25) is 10.0 Å². The number of halogens is 3. The maximum Gasteiger partial charge on any atom is 0.240 e. The molecule has 1 saturated heterocycles. The van der Waals surface area contributed by atoms with Crippen molar-refractivity contribution in [1.82, 2.24) is 9.62 Å². The zero-order chi connectivity index (χ0) is 20.9. The summed E-state index contributed by atoms with van der Waals surface area (Å²) in [7, 11) is -3.52. The first kappa shape index (κ1) is 22.7. The lowest BCUT2D eigenvalue weighted by Gasteiger charge is -2.32. The molecule has 0 radical (unpaired) electrons. The summed E-state index contributed by atoms with van der Waals surface area (Å²) in [4.78, 5) is 2.56. The van der Waals surface area contributed by atoms with E-state index in [0.717, 1.165) is 38.9 Å². The van der Waals surface area contributed by atoms with Gasteiger partial charge in [0.1, 0.15) is 5.75 Å². The third kappa shape index (κ3) is 6.74. The SMILES string of the molecule is O=S(=O)(NC1CCN(CCCOc2ccc(Cl)c(Cl)c2)CC1)c1ccc(Cl)cc1. The van der Waals surface area contributed by atoms with Crippen LogP contribution in [0.15, 0.2) is 47.4 Å². The van der Waals surface area contributed by atoms with Crippen molar-refractivity contribution in [2.24, 2.45) is 0 Å². The van der Waals surface area contributed by atoms with Gasteiger partial charge in [0.05, 0.1) is 21.5 Å². The lowest BCUT2D eigenvalue weighted by molar-refractivity contribution is 0.189. The van der Waals surface area contributed by atoms with E-state index in [1.807, 2.05) is 0 Å². The summed E-state index contributed by atoms with van der Waals surface area (Å²) in [6, 6.07) is 11.4. The molecule has 0 bridgehead atoms. The van der Waals surface area contributed by atoms with Crippen LogP contribution in [0, 0.1) is 0 Å². The van der Waals surface area contributed by atoms with Crippen molar-refractivity contribution in [2.75, 3.05) is 26.2 Å². The van der Waals surface area contributed by atoms with Gasteiger partial charge >= 0.3 is 0 Å². The van der Waals surface area contributed by atoms with Crippen molar-refractivity contribution in [3.63, 3.8) is 0 Å². The number of sulfonamides is 1. The summed E-state index contributed by atoms with van der Waals surface area (Å²) < 4.78 is 33.5. The van der Waals surface area contributed by atoms with Crippen molar-refractivity contribution < 1.29 is 13.2 Å². The van der Waals surface area contributed by atoms with E-state index in [0.29, 0.717) is 27.4 Å². The smallest absolute Gasteiger partial charge is 0.240 e. The van der Waals surface area contributed by atoms with Crippen LogP contribution in [0.5, 0.6) is 5.75 Å². The average molecular weight is 478 g/mol. The maximum absolute atomic E-state index is 12.5. The van der Waals surface area contributed by atoms with Gasteiger partial charge in [-0.3, -0.25) is 0 Å². The molecule has 0 saturated carbocycles. The number of nitrogens with one attached hydrogen (secondary N) is 1. The second kappa shape index (κ2) is 10.3. The molecule has 9 heteroatoms. The summed E-state index contributed by atoms with van der Waals surface area (Å²) >= 11 is 17.7. The summed E-state index contributed by atoms with van der Waals surface area (Å²) in [5.74, 6) is 0.703. The van der Waals surface area contributed by atoms with Crippen molar-refractivity contribution in [3.05, 3.63) is 57.5 Å². The van der Waals surface area contributed by atoms with Crippen LogP contribution in [0.3, 0.4) is 0 Å². The molecule has 3 rings (SSSR count). The Kier molecular flexibility index (Phi) is 8.07. The van der Waals surface area contributed by atoms with Crippen LogP contribution in [-0.4, -0.2) is 45.6 Å². The summed E-state index contributed by atoms with van der Waals surface area (Å²) in [6.45, 7) is 3.18. The molecule has 0 aromatic heterocycles. The molecule has 0 unspecified atom stereocenters. The van der Waals surface area contributed by atoms with Gasteiger partial charge in [-0.15, -0.1) is 0 Å². The molecule has 1 fully saturated rings. The van der Waals surface area contributed by atoms with Crippen molar-refractivity contribution in [2.45, 2.75) is 30.2 Å². The van der Waals surface area contributed by atoms with Crippen LogP contribution in [0.2, 0.25) is 15.1 Å². The molecule has 29 heavy (non-hydrogen) atoms. The van der Waals surface area contributed by atoms with Gasteiger partial charge in [-0.05, 0) is 68.8 Å². The predicted molar refractivity (Wildman–Crippen MR) is 118 cm³/mol. The van der Waals surface area contributed by atoms with Gasteiger partial charge in [-0.2, -0.15) is 0 Å². The molecule has 0 spiro atoms. The zero-order valence-corrected chi connectivity index (χ0v) is 18.9. The quantitative estimate of drug-likeness (QED) is 0.552. The minimum atomic E-state index is -3.52. The molecule has 0 amide bonds. The van der Waals surface area contributed by atoms with E-state index in [9.17, 15) is 8.42 Å². The highest BCUT2D eigenvalue weighted by Gasteiger charge is 2.24. The standard InChI is InChI=1S/C20H23Cl3N2O3S/c21-15-2-5-18(6-3-15)29(26,27)24-16-8-11-25(12-9-16)10-1-13-28-17-4-7-19(22)20(23)14-17/h2-7,14,16,24H,1,8-13H2. The molecule has 0 atom stereocenters. The van der Waals surface area contributed by atoms with E-state index in [1.54, 1.807) is 30.3 Å². The molecule has 2 aromatic carbocycles. The second-order valence-corrected chi connectivity index (χ2v) is 9.93. The Hall–Kier alpha value is -1.02. The molecule has 1 aliphatic heterocycles. The van der Waals surface area contributed by atoms with Gasteiger partial charge in [-0.1, -0.05) is 34.8 Å². The van der Waals surface area contributed by atoms with Crippen LogP contribution in [-0.2, 0) is 10.0 Å². The van der Waals surface area contributed by atoms with Crippen LogP contribution < -0.4 is 9.46 Å². The van der Waals surface area contributed by atoms with E-state index in [1.165, 1.54) is 12.1 Å². The summed E-state index contributed by atoms with van der Waals surface area (Å²) in [5, 5.41) is 1.50. The minimum Gasteiger partial charge on any atom is -0.493 e. The zero-order valence-electron chi connectivity index (χ0n) is 15.8. The first-order chi connectivity index (χ1) is 13.8. The molecule has 0 aliphatic carbocycles. The second-order valence-electron chi connectivity index (χ2n) is 6.97. The highest BCUT2D eigenvalue weighted by atomic mass is 35.5. The highest BCUT2D eigenvalue weighted by molar-refractivity contribution is 7.89. The van der Waals surface area contributed by atoms with Crippen molar-refractivity contribution >= 4 is 44.8 Å². The van der Waals surface area contributed by atoms with Crippen LogP contribution in [0.4, 0.5) is 0 Å². The van der Waals surface area contributed by atoms with Crippen LogP contribution >= 0.6 is 34.8 Å². The maximum atomic E-state index is 12.5. The van der Waals surface area contributed by atoms with E-state index >= 15 is 0 Å². The van der Waals surface area contributed by atoms with Gasteiger partial charge in [0, 0.05) is 23.7 Å². The monoisotopic (exact) mass is 476 g/mol. The fourth-order valence-corrected chi connectivity index (χ4v) is 4.94. The van der Waals surface area contributed by atoms with E-state index < -0.39 is 10.0 Å². The molecule has 1 heterocycles. The largest absolute Gasteiger partial charge is 0.493 e. The minimum absolute atomic E-state index is 0.0561. The first-order valence-corrected chi connectivity index (χ1v) is 12.0. The first-order valence-electron chi connectivity index (χ1n) is 9.41. The number of hydrogen-bond donors (Lipinski definition) is 1. The fraction of sp³-hybridized carbons (Fsp3) is 0.400. The Morgan fingerprint density at radius 2 is 1.69 bits per heavy atom. The lowest BCUT2D eigenvalue weighted by Crippen LogP contribution is -2.44. The Bertz CT molecular complexity index is 915. The van der Waals surface area contributed by atoms with E-state index in [-0.39, 0.29) is 10.9 Å². The Morgan fingerprint density at radius 3 is 2.34 bits per heavy atom. The summed E-state index contributed by atoms with van der Waals surface area (Å²) in [5.41, 5.74) is 0. The Labute approximate surface area is 186 Å². The molecular weight excluding hydrogens is 455 g/mol. The molecule has 158 valence electrons. The Morgan fingerprint density at radius 1 is 1.00 bits per heavy atom. The number of nitrogens with zero attached hydrogens (tertiary/aromatic N) is 1. The van der Waals surface area contributed by atoms with Crippen molar-refractivity contribution in [3.8, 4) is 5.75 Å². The number of ether oxygens (including phenoxy) is 1. The topological polar surface area (TPSA) is 58.6 Å². The van der Waals surface area contributed by atoms with Crippen LogP contribution in [0.1, 0.15) is 19.3 Å². The third-order valence-electron chi connectivity index (χ3n) is 4.81. The number of likely N-dealkylation sites (tertiary alicyclic amines) is 1. The average Bonchev–Trinajstić information content (AvgIpc) is 2.69. The number of rotatable bonds is 8. The fourth-order valence-electron chi connectivity index (χ4n) is 3.22. The van der Waals surface area contributed by atoms with Gasteiger partial charge < -0.3 is 9.64 Å². The van der Waals surface area contributed by atoms with E-state index in [2.05, 4.69) is 9.62 Å². The van der Waals surface area contributed by atoms with Gasteiger partial charge in [0.25, 0.3) is 0 Å². The normalized spacial score (nSPS) is 16.1. The number of piperidine rings is 1.